The van der Waals surface area contributed by atoms with Gasteiger partial charge in [0.25, 0.3) is 5.91 Å². The molecule has 1 heterocycles. The summed E-state index contributed by atoms with van der Waals surface area (Å²) in [5.41, 5.74) is 3.83. The Hall–Kier alpha value is -2.14. The Bertz CT molecular complexity index is 914. The minimum absolute atomic E-state index is 0.0309. The van der Waals surface area contributed by atoms with Crippen molar-refractivity contribution >= 4 is 27.7 Å². The lowest BCUT2D eigenvalue weighted by Crippen LogP contribution is -2.47. The van der Waals surface area contributed by atoms with Crippen LogP contribution in [0.5, 0.6) is 0 Å². The van der Waals surface area contributed by atoms with Gasteiger partial charge in [-0.2, -0.15) is 0 Å². The Balaban J connectivity index is 1.43. The Morgan fingerprint density at radius 3 is 2.34 bits per heavy atom. The van der Waals surface area contributed by atoms with Crippen molar-refractivity contribution in [1.82, 2.24) is 10.2 Å². The first-order chi connectivity index (χ1) is 13.9. The second-order valence-corrected chi connectivity index (χ2v) is 9.46. The summed E-state index contributed by atoms with van der Waals surface area (Å²) in [6.07, 6.45) is 3.63. The zero-order chi connectivity index (χ0) is 20.6. The predicted octanol–water partition coefficient (Wildman–Crippen LogP) is 4.72. The molecular weight excluding hydrogens is 428 g/mol. The zero-order valence-corrected chi connectivity index (χ0v) is 18.6. The molecule has 2 fully saturated rings. The number of hydrogen-bond acceptors (Lipinski definition) is 2. The fraction of sp³-hybridized carbons (Fsp3) is 0.417. The molecule has 0 bridgehead atoms. The van der Waals surface area contributed by atoms with Gasteiger partial charge in [-0.15, -0.1) is 0 Å². The van der Waals surface area contributed by atoms with Gasteiger partial charge >= 0.3 is 0 Å². The average Bonchev–Trinajstić information content (AvgIpc) is 3.47. The maximum atomic E-state index is 13.0. The third-order valence-corrected chi connectivity index (χ3v) is 6.59. The highest BCUT2D eigenvalue weighted by molar-refractivity contribution is 9.10. The van der Waals surface area contributed by atoms with E-state index >= 15 is 0 Å². The smallest absolute Gasteiger partial charge is 0.253 e. The molecule has 2 aliphatic rings. The number of hydrogen-bond donors (Lipinski definition) is 1. The summed E-state index contributed by atoms with van der Waals surface area (Å²) in [5.74, 6) is -0.0433. The second-order valence-electron chi connectivity index (χ2n) is 8.54. The number of benzene rings is 2. The highest BCUT2D eigenvalue weighted by Gasteiger charge is 2.46. The van der Waals surface area contributed by atoms with Gasteiger partial charge in [-0.1, -0.05) is 45.3 Å². The van der Waals surface area contributed by atoms with E-state index in [0.29, 0.717) is 13.1 Å². The molecule has 0 radical (unpaired) electrons. The first-order valence-corrected chi connectivity index (χ1v) is 11.1. The first-order valence-electron chi connectivity index (χ1n) is 10.3. The Morgan fingerprint density at radius 2 is 1.72 bits per heavy atom. The number of amides is 2. The van der Waals surface area contributed by atoms with E-state index in [1.165, 1.54) is 0 Å². The summed E-state index contributed by atoms with van der Waals surface area (Å²) in [7, 11) is 0. The van der Waals surface area contributed by atoms with Crippen molar-refractivity contribution < 1.29 is 9.59 Å². The van der Waals surface area contributed by atoms with Crippen molar-refractivity contribution in [2.75, 3.05) is 13.1 Å². The van der Waals surface area contributed by atoms with Crippen molar-refractivity contribution in [1.29, 1.82) is 0 Å². The topological polar surface area (TPSA) is 49.4 Å². The Morgan fingerprint density at radius 1 is 1.07 bits per heavy atom. The van der Waals surface area contributed by atoms with Crippen LogP contribution in [0.15, 0.2) is 46.9 Å². The van der Waals surface area contributed by atoms with Gasteiger partial charge in [-0.3, -0.25) is 9.59 Å². The molecule has 1 N–H and O–H groups in total. The molecule has 1 aliphatic carbocycles. The van der Waals surface area contributed by atoms with E-state index in [1.54, 1.807) is 0 Å². The SMILES string of the molecule is Cc1cc(C)cc(C(=O)N2CCCC(C(=O)NC3(c4ccc(Br)cc4)CC3)C2)c1. The number of aryl methyl sites for hydroxylation is 2. The van der Waals surface area contributed by atoms with Gasteiger partial charge in [-0.25, -0.2) is 0 Å². The molecule has 2 aromatic rings. The van der Waals surface area contributed by atoms with Gasteiger partial charge < -0.3 is 10.2 Å². The monoisotopic (exact) mass is 454 g/mol. The molecular formula is C24H27BrN2O2. The lowest BCUT2D eigenvalue weighted by atomic mass is 9.95. The summed E-state index contributed by atoms with van der Waals surface area (Å²) < 4.78 is 1.04. The van der Waals surface area contributed by atoms with Gasteiger partial charge in [-0.05, 0) is 69.4 Å². The van der Waals surface area contributed by atoms with Crippen LogP contribution < -0.4 is 5.32 Å². The number of piperidine rings is 1. The molecule has 1 unspecified atom stereocenters. The first kappa shape index (κ1) is 20.1. The van der Waals surface area contributed by atoms with Crippen molar-refractivity contribution in [2.45, 2.75) is 45.1 Å². The van der Waals surface area contributed by atoms with E-state index in [1.807, 2.05) is 43.0 Å². The fourth-order valence-electron chi connectivity index (χ4n) is 4.37. The summed E-state index contributed by atoms with van der Waals surface area (Å²) in [6.45, 7) is 5.22. The molecule has 1 aliphatic heterocycles. The molecule has 2 aromatic carbocycles. The molecule has 0 aromatic heterocycles. The van der Waals surface area contributed by atoms with Gasteiger partial charge in [0.1, 0.15) is 0 Å². The number of carbonyl (C=O) groups is 2. The van der Waals surface area contributed by atoms with Crippen molar-refractivity contribution in [2.24, 2.45) is 5.92 Å². The van der Waals surface area contributed by atoms with E-state index in [-0.39, 0.29) is 23.3 Å². The highest BCUT2D eigenvalue weighted by Crippen LogP contribution is 2.46. The van der Waals surface area contributed by atoms with E-state index < -0.39 is 0 Å². The van der Waals surface area contributed by atoms with Crippen molar-refractivity contribution in [3.63, 3.8) is 0 Å². The Kier molecular flexibility index (Phi) is 5.52. The number of rotatable bonds is 4. The molecule has 1 saturated carbocycles. The number of likely N-dealkylation sites (tertiary alicyclic amines) is 1. The van der Waals surface area contributed by atoms with Gasteiger partial charge in [0, 0.05) is 23.1 Å². The number of carbonyl (C=O) groups excluding carboxylic acids is 2. The van der Waals surface area contributed by atoms with Crippen molar-refractivity contribution in [3.8, 4) is 0 Å². The molecule has 1 saturated heterocycles. The van der Waals surface area contributed by atoms with Crippen molar-refractivity contribution in [3.05, 3.63) is 69.2 Å². The van der Waals surface area contributed by atoms with E-state index in [0.717, 1.165) is 52.4 Å². The van der Waals surface area contributed by atoms with Crippen LogP contribution in [0, 0.1) is 19.8 Å². The van der Waals surface area contributed by atoms with Crippen LogP contribution in [-0.4, -0.2) is 29.8 Å². The van der Waals surface area contributed by atoms with E-state index in [9.17, 15) is 9.59 Å². The van der Waals surface area contributed by atoms with Crippen LogP contribution in [-0.2, 0) is 10.3 Å². The highest BCUT2D eigenvalue weighted by atomic mass is 79.9. The normalized spacial score (nSPS) is 20.2. The Labute approximate surface area is 180 Å². The van der Waals surface area contributed by atoms with Crippen LogP contribution in [0.25, 0.3) is 0 Å². The molecule has 4 nitrogen and oxygen atoms in total. The van der Waals surface area contributed by atoms with E-state index in [4.69, 9.17) is 0 Å². The zero-order valence-electron chi connectivity index (χ0n) is 17.0. The van der Waals surface area contributed by atoms with Gasteiger partial charge in [0.05, 0.1) is 11.5 Å². The number of halogens is 1. The average molecular weight is 455 g/mol. The standard InChI is InChI=1S/C24H27BrN2O2/c1-16-12-17(2)14-19(13-16)23(29)27-11-3-4-18(15-27)22(28)26-24(9-10-24)20-5-7-21(25)8-6-20/h5-8,12-14,18H,3-4,9-11,15H2,1-2H3,(H,26,28). The lowest BCUT2D eigenvalue weighted by molar-refractivity contribution is -0.127. The molecule has 5 heteroatoms. The summed E-state index contributed by atoms with van der Waals surface area (Å²) in [4.78, 5) is 27.9. The largest absolute Gasteiger partial charge is 0.346 e. The van der Waals surface area contributed by atoms with Crippen LogP contribution in [0.3, 0.4) is 0 Å². The van der Waals surface area contributed by atoms with Crippen LogP contribution in [0.1, 0.15) is 52.7 Å². The maximum Gasteiger partial charge on any atom is 0.253 e. The third kappa shape index (κ3) is 4.40. The van der Waals surface area contributed by atoms with Crippen LogP contribution in [0.4, 0.5) is 0 Å². The van der Waals surface area contributed by atoms with Crippen LogP contribution in [0.2, 0.25) is 0 Å². The molecule has 2 amide bonds. The maximum absolute atomic E-state index is 13.0. The number of nitrogens with one attached hydrogen (secondary N) is 1. The van der Waals surface area contributed by atoms with Gasteiger partial charge in [0.2, 0.25) is 5.91 Å². The minimum Gasteiger partial charge on any atom is -0.346 e. The second kappa shape index (κ2) is 7.94. The minimum atomic E-state index is -0.224. The third-order valence-electron chi connectivity index (χ3n) is 6.06. The molecule has 4 rings (SSSR count). The van der Waals surface area contributed by atoms with Gasteiger partial charge in [0.15, 0.2) is 0 Å². The lowest BCUT2D eigenvalue weighted by Gasteiger charge is -2.33. The molecule has 0 spiro atoms. The van der Waals surface area contributed by atoms with Crippen LogP contribution >= 0.6 is 15.9 Å². The quantitative estimate of drug-likeness (QED) is 0.725. The van der Waals surface area contributed by atoms with E-state index in [2.05, 4.69) is 39.4 Å². The number of nitrogens with zero attached hydrogens (tertiary/aromatic N) is 1. The summed E-state index contributed by atoms with van der Waals surface area (Å²) in [6, 6.07) is 14.1. The molecule has 29 heavy (non-hydrogen) atoms. The molecule has 1 atom stereocenters. The molecule has 152 valence electrons. The summed E-state index contributed by atoms with van der Waals surface area (Å²) >= 11 is 3.47. The fourth-order valence-corrected chi connectivity index (χ4v) is 4.64. The predicted molar refractivity (Wildman–Crippen MR) is 118 cm³/mol. The summed E-state index contributed by atoms with van der Waals surface area (Å²) in [5, 5.41) is 3.30.